The van der Waals surface area contributed by atoms with Gasteiger partial charge in [-0.25, -0.2) is 0 Å². The molecule has 2 rings (SSSR count). The highest BCUT2D eigenvalue weighted by atomic mass is 16.2. The second-order valence-corrected chi connectivity index (χ2v) is 4.95. The highest BCUT2D eigenvalue weighted by molar-refractivity contribution is 5.98. The quantitative estimate of drug-likeness (QED) is 0.764. The normalized spacial score (nSPS) is 15.1. The molecule has 3 heteroatoms. The van der Waals surface area contributed by atoms with E-state index in [1.54, 1.807) is 0 Å². The van der Waals surface area contributed by atoms with Crippen molar-refractivity contribution >= 4 is 5.91 Å². The van der Waals surface area contributed by atoms with E-state index in [0.717, 1.165) is 16.8 Å². The third-order valence-electron chi connectivity index (χ3n) is 3.05. The number of nitrogens with zero attached hydrogens (tertiary/aromatic N) is 2. The Hall–Kier alpha value is -1.38. The van der Waals surface area contributed by atoms with Gasteiger partial charge in [0.25, 0.3) is 5.91 Å². The molecule has 0 spiro atoms. The first-order valence-corrected chi connectivity index (χ1v) is 5.80. The van der Waals surface area contributed by atoms with E-state index in [1.807, 2.05) is 31.0 Å². The zero-order valence-electron chi connectivity index (χ0n) is 10.3. The Kier molecular flexibility index (Phi) is 2.70. The molecule has 2 heterocycles. The second-order valence-electron chi connectivity index (χ2n) is 4.95. The Labute approximate surface area is 96.5 Å². The summed E-state index contributed by atoms with van der Waals surface area (Å²) in [7, 11) is 0. The summed E-state index contributed by atoms with van der Waals surface area (Å²) in [6.45, 7) is 8.97. The summed E-state index contributed by atoms with van der Waals surface area (Å²) < 4.78 is 0. The van der Waals surface area contributed by atoms with Crippen molar-refractivity contribution in [3.63, 3.8) is 0 Å². The van der Waals surface area contributed by atoms with Crippen LogP contribution in [-0.4, -0.2) is 21.8 Å². The van der Waals surface area contributed by atoms with Crippen LogP contribution < -0.4 is 0 Å². The average Bonchev–Trinajstić information content (AvgIpc) is 2.56. The molecule has 1 amide bonds. The fourth-order valence-electron chi connectivity index (χ4n) is 1.97. The van der Waals surface area contributed by atoms with E-state index in [9.17, 15) is 4.79 Å². The van der Waals surface area contributed by atoms with Gasteiger partial charge in [0.15, 0.2) is 0 Å². The molecule has 0 saturated heterocycles. The molecule has 0 unspecified atom stereocenters. The first-order valence-electron chi connectivity index (χ1n) is 5.80. The Balaban J connectivity index is 2.38. The molecule has 1 aromatic rings. The Morgan fingerprint density at radius 3 is 2.56 bits per heavy atom. The maximum absolute atomic E-state index is 12.1. The van der Waals surface area contributed by atoms with Gasteiger partial charge in [0.2, 0.25) is 0 Å². The summed E-state index contributed by atoms with van der Waals surface area (Å²) in [5.74, 6) is 0.514. The van der Waals surface area contributed by atoms with Gasteiger partial charge in [-0.05, 0) is 25.8 Å². The lowest BCUT2D eigenvalue weighted by Gasteiger charge is -2.19. The minimum Gasteiger partial charge on any atom is -0.332 e. The fourth-order valence-corrected chi connectivity index (χ4v) is 1.97. The third kappa shape index (κ3) is 1.70. The highest BCUT2D eigenvalue weighted by Gasteiger charge is 2.29. The zero-order valence-corrected chi connectivity index (χ0v) is 10.3. The fraction of sp³-hybridized carbons (Fsp3) is 0.538. The van der Waals surface area contributed by atoms with E-state index in [2.05, 4.69) is 18.8 Å². The minimum atomic E-state index is 0.148. The first-order chi connectivity index (χ1) is 7.50. The van der Waals surface area contributed by atoms with Crippen molar-refractivity contribution in [2.75, 3.05) is 0 Å². The van der Waals surface area contributed by atoms with Gasteiger partial charge in [0.1, 0.15) is 0 Å². The molecule has 3 nitrogen and oxygen atoms in total. The van der Waals surface area contributed by atoms with Gasteiger partial charge in [0, 0.05) is 35.6 Å². The number of hydrogen-bond donors (Lipinski definition) is 0. The van der Waals surface area contributed by atoms with E-state index < -0.39 is 0 Å². The number of carbonyl (C=O) groups excluding carboxylic acids is 1. The molecular formula is C13H18N2O. The number of pyridine rings is 1. The van der Waals surface area contributed by atoms with Gasteiger partial charge in [0.05, 0.1) is 0 Å². The summed E-state index contributed by atoms with van der Waals surface area (Å²) in [6.07, 6.45) is 1.85. The molecular weight excluding hydrogens is 200 g/mol. The van der Waals surface area contributed by atoms with Crippen LogP contribution in [0.4, 0.5) is 0 Å². The van der Waals surface area contributed by atoms with Crippen LogP contribution in [0.25, 0.3) is 0 Å². The van der Waals surface area contributed by atoms with Gasteiger partial charge < -0.3 is 4.90 Å². The monoisotopic (exact) mass is 218 g/mol. The molecule has 86 valence electrons. The molecule has 16 heavy (non-hydrogen) atoms. The maximum atomic E-state index is 12.1. The summed E-state index contributed by atoms with van der Waals surface area (Å²) in [4.78, 5) is 18.4. The van der Waals surface area contributed by atoms with Gasteiger partial charge in [-0.15, -0.1) is 0 Å². The number of hydrogen-bond acceptors (Lipinski definition) is 2. The van der Waals surface area contributed by atoms with E-state index in [1.165, 1.54) is 0 Å². The number of aromatic nitrogens is 1. The van der Waals surface area contributed by atoms with Crippen LogP contribution >= 0.6 is 0 Å². The second kappa shape index (κ2) is 3.89. The van der Waals surface area contributed by atoms with Crippen LogP contribution in [-0.2, 0) is 6.54 Å². The third-order valence-corrected chi connectivity index (χ3v) is 3.05. The predicted octanol–water partition coefficient (Wildman–Crippen LogP) is 2.57. The largest absolute Gasteiger partial charge is 0.332 e. The van der Waals surface area contributed by atoms with Crippen LogP contribution in [0.1, 0.15) is 55.2 Å². The summed E-state index contributed by atoms with van der Waals surface area (Å²) >= 11 is 0. The topological polar surface area (TPSA) is 33.2 Å². The standard InChI is InChI=1S/C13H18N2O/c1-8(2)12-5-11-10(6-14-12)7-15(9(3)4)13(11)16/h5-6,8-9H,7H2,1-4H3. The molecule has 0 N–H and O–H groups in total. The maximum Gasteiger partial charge on any atom is 0.254 e. The lowest BCUT2D eigenvalue weighted by atomic mass is 10.1. The summed E-state index contributed by atoms with van der Waals surface area (Å²) in [5, 5.41) is 0. The van der Waals surface area contributed by atoms with Crippen molar-refractivity contribution in [3.05, 3.63) is 29.1 Å². The van der Waals surface area contributed by atoms with E-state index in [4.69, 9.17) is 0 Å². The number of rotatable bonds is 2. The molecule has 0 aliphatic carbocycles. The van der Waals surface area contributed by atoms with Gasteiger partial charge in [-0.3, -0.25) is 9.78 Å². The molecule has 0 fully saturated rings. The number of amides is 1. The van der Waals surface area contributed by atoms with E-state index >= 15 is 0 Å². The molecule has 1 aromatic heterocycles. The predicted molar refractivity (Wildman–Crippen MR) is 63.3 cm³/mol. The number of carbonyl (C=O) groups is 1. The number of fused-ring (bicyclic) bond motifs is 1. The van der Waals surface area contributed by atoms with Crippen molar-refractivity contribution in [1.29, 1.82) is 0 Å². The molecule has 0 bridgehead atoms. The van der Waals surface area contributed by atoms with Crippen LogP contribution in [0.3, 0.4) is 0 Å². The average molecular weight is 218 g/mol. The van der Waals surface area contributed by atoms with Crippen molar-refractivity contribution in [2.24, 2.45) is 0 Å². The summed E-state index contributed by atoms with van der Waals surface area (Å²) in [6, 6.07) is 2.20. The van der Waals surface area contributed by atoms with Crippen LogP contribution in [0.5, 0.6) is 0 Å². The SMILES string of the molecule is CC(C)c1cc2c(cn1)CN(C(C)C)C2=O. The molecule has 1 aliphatic rings. The van der Waals surface area contributed by atoms with Crippen molar-refractivity contribution < 1.29 is 4.79 Å². The molecule has 0 saturated carbocycles. The van der Waals surface area contributed by atoms with E-state index in [0.29, 0.717) is 12.5 Å². The van der Waals surface area contributed by atoms with Gasteiger partial charge in [-0.1, -0.05) is 13.8 Å². The van der Waals surface area contributed by atoms with Crippen molar-refractivity contribution in [2.45, 2.75) is 46.2 Å². The minimum absolute atomic E-state index is 0.148. The zero-order chi connectivity index (χ0) is 11.9. The Morgan fingerprint density at radius 1 is 1.31 bits per heavy atom. The van der Waals surface area contributed by atoms with Crippen molar-refractivity contribution in [1.82, 2.24) is 9.88 Å². The Bertz CT molecular complexity index is 424. The summed E-state index contributed by atoms with van der Waals surface area (Å²) in [5.41, 5.74) is 2.90. The van der Waals surface area contributed by atoms with E-state index in [-0.39, 0.29) is 11.9 Å². The lowest BCUT2D eigenvalue weighted by Crippen LogP contribution is -2.30. The van der Waals surface area contributed by atoms with Gasteiger partial charge in [-0.2, -0.15) is 0 Å². The molecule has 0 atom stereocenters. The lowest BCUT2D eigenvalue weighted by molar-refractivity contribution is 0.0730. The van der Waals surface area contributed by atoms with Crippen molar-refractivity contribution in [3.8, 4) is 0 Å². The smallest absolute Gasteiger partial charge is 0.254 e. The van der Waals surface area contributed by atoms with Crippen LogP contribution in [0.2, 0.25) is 0 Å². The molecule has 0 aromatic carbocycles. The van der Waals surface area contributed by atoms with Crippen LogP contribution in [0, 0.1) is 0 Å². The highest BCUT2D eigenvalue weighted by Crippen LogP contribution is 2.26. The molecule has 1 aliphatic heterocycles. The van der Waals surface area contributed by atoms with Crippen LogP contribution in [0.15, 0.2) is 12.3 Å². The van der Waals surface area contributed by atoms with Gasteiger partial charge >= 0.3 is 0 Å². The molecule has 0 radical (unpaired) electrons. The first kappa shape index (κ1) is 11.1. The Morgan fingerprint density at radius 2 is 2.00 bits per heavy atom.